The van der Waals surface area contributed by atoms with Crippen molar-refractivity contribution in [3.63, 3.8) is 0 Å². The van der Waals surface area contributed by atoms with Crippen molar-refractivity contribution in [3.05, 3.63) is 95.6 Å². The van der Waals surface area contributed by atoms with Crippen LogP contribution in [-0.2, 0) is 25.7 Å². The minimum Gasteiger partial charge on any atom is -0.481 e. The number of carboxylic acid groups (broad SMARTS) is 1. The van der Waals surface area contributed by atoms with Gasteiger partial charge in [-0.3, -0.25) is 9.59 Å². The number of alkyl carbamates (subject to hydrolysis) is 1. The molecule has 1 saturated heterocycles. The van der Waals surface area contributed by atoms with E-state index in [1.807, 2.05) is 54.6 Å². The van der Waals surface area contributed by atoms with Crippen molar-refractivity contribution in [1.82, 2.24) is 10.2 Å². The lowest BCUT2D eigenvalue weighted by Crippen LogP contribution is -2.60. The lowest BCUT2D eigenvalue weighted by atomic mass is 9.92. The van der Waals surface area contributed by atoms with E-state index in [9.17, 15) is 14.4 Å². The Kier molecular flexibility index (Phi) is 8.99. The van der Waals surface area contributed by atoms with Gasteiger partial charge in [-0.25, -0.2) is 4.79 Å². The van der Waals surface area contributed by atoms with Crippen LogP contribution in [-0.4, -0.2) is 59.8 Å². The molecule has 8 heteroatoms. The Morgan fingerprint density at radius 3 is 2.17 bits per heavy atom. The molecule has 2 amide bonds. The van der Waals surface area contributed by atoms with Crippen LogP contribution in [0.25, 0.3) is 11.1 Å². The molecule has 0 spiro atoms. The largest absolute Gasteiger partial charge is 0.481 e. The Balaban J connectivity index is 1.22. The van der Waals surface area contributed by atoms with E-state index < -0.39 is 24.2 Å². The molecule has 1 heterocycles. The first-order valence-electron chi connectivity index (χ1n) is 14.2. The topological polar surface area (TPSA) is 105 Å². The number of benzene rings is 3. The summed E-state index contributed by atoms with van der Waals surface area (Å²) in [6.07, 6.45) is 0.190. The number of carboxylic acids is 1. The summed E-state index contributed by atoms with van der Waals surface area (Å²) < 4.78 is 11.8. The van der Waals surface area contributed by atoms with Gasteiger partial charge in [-0.15, -0.1) is 0 Å². The van der Waals surface area contributed by atoms with Crippen LogP contribution in [0.4, 0.5) is 4.79 Å². The lowest BCUT2D eigenvalue weighted by molar-refractivity contribution is -0.144. The van der Waals surface area contributed by atoms with E-state index in [1.54, 1.807) is 11.8 Å². The van der Waals surface area contributed by atoms with E-state index >= 15 is 0 Å². The Morgan fingerprint density at radius 1 is 0.927 bits per heavy atom. The summed E-state index contributed by atoms with van der Waals surface area (Å²) in [5.74, 6) is -0.868. The fourth-order valence-corrected chi connectivity index (χ4v) is 5.72. The predicted octanol–water partition coefficient (Wildman–Crippen LogP) is 5.21. The summed E-state index contributed by atoms with van der Waals surface area (Å²) in [7, 11) is 0. The smallest absolute Gasteiger partial charge is 0.407 e. The molecule has 214 valence electrons. The molecule has 5 rings (SSSR count). The van der Waals surface area contributed by atoms with Crippen LogP contribution >= 0.6 is 0 Å². The Labute approximate surface area is 240 Å². The molecule has 2 atom stereocenters. The van der Waals surface area contributed by atoms with Crippen LogP contribution in [0.3, 0.4) is 0 Å². The Morgan fingerprint density at radius 2 is 1.54 bits per heavy atom. The average Bonchev–Trinajstić information content (AvgIpc) is 3.28. The van der Waals surface area contributed by atoms with Gasteiger partial charge in [0, 0.05) is 25.4 Å². The third kappa shape index (κ3) is 6.77. The van der Waals surface area contributed by atoms with Gasteiger partial charge in [0.05, 0.1) is 12.7 Å². The maximum absolute atomic E-state index is 13.5. The van der Waals surface area contributed by atoms with Crippen molar-refractivity contribution in [2.45, 2.75) is 50.9 Å². The molecule has 0 saturated carbocycles. The Hall–Kier alpha value is -4.17. The number of rotatable bonds is 12. The maximum Gasteiger partial charge on any atom is 0.407 e. The van der Waals surface area contributed by atoms with E-state index in [4.69, 9.17) is 14.6 Å². The quantitative estimate of drug-likeness (QED) is 0.317. The first-order chi connectivity index (χ1) is 19.9. The van der Waals surface area contributed by atoms with Crippen LogP contribution in [0.5, 0.6) is 0 Å². The highest BCUT2D eigenvalue weighted by atomic mass is 16.5. The highest BCUT2D eigenvalue weighted by Crippen LogP contribution is 2.44. The van der Waals surface area contributed by atoms with Gasteiger partial charge in [-0.05, 0) is 53.5 Å². The first-order valence-corrected chi connectivity index (χ1v) is 14.2. The van der Waals surface area contributed by atoms with Crippen molar-refractivity contribution in [3.8, 4) is 11.1 Å². The summed E-state index contributed by atoms with van der Waals surface area (Å²) in [5, 5.41) is 11.7. The second-order valence-corrected chi connectivity index (χ2v) is 10.8. The molecular weight excluding hydrogens is 520 g/mol. The molecule has 8 nitrogen and oxygen atoms in total. The third-order valence-corrected chi connectivity index (χ3v) is 7.98. The third-order valence-electron chi connectivity index (χ3n) is 7.98. The molecule has 0 aromatic heterocycles. The summed E-state index contributed by atoms with van der Waals surface area (Å²) >= 11 is 0. The summed E-state index contributed by atoms with van der Waals surface area (Å²) in [5.41, 5.74) is 5.48. The van der Waals surface area contributed by atoms with Gasteiger partial charge in [0.1, 0.15) is 12.6 Å². The zero-order valence-corrected chi connectivity index (χ0v) is 23.2. The number of fused-ring (bicyclic) bond motifs is 3. The number of aliphatic carboxylic acids is 1. The van der Waals surface area contributed by atoms with Crippen molar-refractivity contribution >= 4 is 18.0 Å². The molecule has 2 aliphatic rings. The molecule has 1 fully saturated rings. The lowest BCUT2D eigenvalue weighted by Gasteiger charge is -2.42. The van der Waals surface area contributed by atoms with E-state index in [0.29, 0.717) is 26.1 Å². The molecule has 1 aliphatic heterocycles. The van der Waals surface area contributed by atoms with Gasteiger partial charge in [0.2, 0.25) is 5.91 Å². The van der Waals surface area contributed by atoms with Crippen molar-refractivity contribution in [1.29, 1.82) is 0 Å². The molecule has 3 aromatic rings. The minimum absolute atomic E-state index is 0.0870. The molecular formula is C33H36N2O6. The number of hydrogen-bond donors (Lipinski definition) is 2. The van der Waals surface area contributed by atoms with Crippen molar-refractivity contribution < 1.29 is 29.0 Å². The van der Waals surface area contributed by atoms with E-state index in [2.05, 4.69) is 29.6 Å². The van der Waals surface area contributed by atoms with E-state index in [-0.39, 0.29) is 30.8 Å². The number of hydrogen-bond acceptors (Lipinski definition) is 5. The van der Waals surface area contributed by atoms with Gasteiger partial charge in [0.15, 0.2) is 0 Å². The van der Waals surface area contributed by atoms with Crippen LogP contribution < -0.4 is 5.32 Å². The molecule has 41 heavy (non-hydrogen) atoms. The normalized spacial score (nSPS) is 15.8. The number of nitrogens with zero attached hydrogens (tertiary/aromatic N) is 1. The highest BCUT2D eigenvalue weighted by molar-refractivity contribution is 5.87. The zero-order valence-electron chi connectivity index (χ0n) is 23.2. The number of nitrogens with one attached hydrogen (secondary N) is 1. The molecule has 0 bridgehead atoms. The van der Waals surface area contributed by atoms with Gasteiger partial charge >= 0.3 is 12.1 Å². The predicted molar refractivity (Wildman–Crippen MR) is 154 cm³/mol. The monoisotopic (exact) mass is 556 g/mol. The van der Waals surface area contributed by atoms with Crippen LogP contribution in [0.15, 0.2) is 78.9 Å². The van der Waals surface area contributed by atoms with Crippen molar-refractivity contribution in [2.24, 2.45) is 5.92 Å². The highest BCUT2D eigenvalue weighted by Gasteiger charge is 2.38. The second kappa shape index (κ2) is 13.0. The summed E-state index contributed by atoms with van der Waals surface area (Å²) in [6.45, 7) is 3.30. The number of likely N-dealkylation sites (tertiary alicyclic amines) is 1. The number of carbonyl (C=O) groups is 3. The van der Waals surface area contributed by atoms with Gasteiger partial charge in [-0.2, -0.15) is 0 Å². The zero-order chi connectivity index (χ0) is 28.8. The SMILES string of the molecule is CC(OCc1ccccc1)C(NC(=O)OCC1c2ccccc2-c2ccccc21)C(=O)N1CC(CCCC(=O)O)C1. The first kappa shape index (κ1) is 28.4. The van der Waals surface area contributed by atoms with Gasteiger partial charge in [-0.1, -0.05) is 78.9 Å². The van der Waals surface area contributed by atoms with E-state index in [1.165, 1.54) is 0 Å². The molecule has 2 N–H and O–H groups in total. The summed E-state index contributed by atoms with van der Waals surface area (Å²) in [4.78, 5) is 39.1. The maximum atomic E-state index is 13.5. The second-order valence-electron chi connectivity index (χ2n) is 10.8. The minimum atomic E-state index is -0.922. The average molecular weight is 557 g/mol. The van der Waals surface area contributed by atoms with Crippen LogP contribution in [0, 0.1) is 5.92 Å². The van der Waals surface area contributed by atoms with Crippen molar-refractivity contribution in [2.75, 3.05) is 19.7 Å². The molecule has 2 unspecified atom stereocenters. The fraction of sp³-hybridized carbons (Fsp3) is 0.364. The fourth-order valence-electron chi connectivity index (χ4n) is 5.72. The number of carbonyl (C=O) groups excluding carboxylic acids is 2. The van der Waals surface area contributed by atoms with Gasteiger partial charge in [0.25, 0.3) is 0 Å². The molecule has 3 aromatic carbocycles. The number of ether oxygens (including phenoxy) is 2. The molecule has 1 aliphatic carbocycles. The van der Waals surface area contributed by atoms with Gasteiger partial charge < -0.3 is 24.8 Å². The number of amides is 2. The van der Waals surface area contributed by atoms with E-state index in [0.717, 1.165) is 34.2 Å². The Bertz CT molecular complexity index is 1330. The molecule has 0 radical (unpaired) electrons. The summed E-state index contributed by atoms with van der Waals surface area (Å²) in [6, 6.07) is 25.0. The standard InChI is InChI=1S/C33H36N2O6/c1-22(40-20-23-10-3-2-4-11-23)31(32(38)35-18-24(19-35)12-9-17-30(36)37)34-33(39)41-21-29-27-15-7-5-13-25(27)26-14-6-8-16-28(26)29/h2-8,10-11,13-16,22,24,29,31H,9,12,17-21H2,1H3,(H,34,39)(H,36,37). The van der Waals surface area contributed by atoms with Crippen LogP contribution in [0.2, 0.25) is 0 Å². The van der Waals surface area contributed by atoms with Crippen LogP contribution in [0.1, 0.15) is 48.8 Å².